The van der Waals surface area contributed by atoms with Crippen LogP contribution < -0.4 is 4.90 Å². The van der Waals surface area contributed by atoms with Gasteiger partial charge >= 0.3 is 0 Å². The van der Waals surface area contributed by atoms with Crippen molar-refractivity contribution in [1.29, 1.82) is 0 Å². The highest BCUT2D eigenvalue weighted by molar-refractivity contribution is 5.77. The molecule has 2 nitrogen and oxygen atoms in total. The number of carbonyl (C=O) groups excluding carboxylic acids is 1. The van der Waals surface area contributed by atoms with Gasteiger partial charge in [-0.05, 0) is 63.8 Å². The maximum atomic E-state index is 10.9. The predicted octanol–water partition coefficient (Wildman–Crippen LogP) is 4.00. The Bertz CT molecular complexity index is 462. The van der Waals surface area contributed by atoms with Gasteiger partial charge in [-0.25, -0.2) is 0 Å². The zero-order valence-corrected chi connectivity index (χ0v) is 12.0. The lowest BCUT2D eigenvalue weighted by Gasteiger charge is -2.50. The molecule has 18 heavy (non-hydrogen) atoms. The summed E-state index contributed by atoms with van der Waals surface area (Å²) in [4.78, 5) is 13.4. The Morgan fingerprint density at radius 2 is 2.06 bits per heavy atom. The minimum atomic E-state index is 0.170. The van der Waals surface area contributed by atoms with Gasteiger partial charge in [0.15, 0.2) is 0 Å². The van der Waals surface area contributed by atoms with Gasteiger partial charge in [0.2, 0.25) is 0 Å². The number of nitrogens with zero attached hydrogens (tertiary/aromatic N) is 1. The molecule has 1 aromatic carbocycles. The first-order valence-electron chi connectivity index (χ1n) is 6.75. The van der Waals surface area contributed by atoms with Gasteiger partial charge < -0.3 is 4.90 Å². The quantitative estimate of drug-likeness (QED) is 0.734. The van der Waals surface area contributed by atoms with Crippen molar-refractivity contribution in [3.05, 3.63) is 29.3 Å². The van der Waals surface area contributed by atoms with Crippen molar-refractivity contribution in [2.45, 2.75) is 58.5 Å². The molecule has 0 radical (unpaired) electrons. The van der Waals surface area contributed by atoms with Crippen LogP contribution in [-0.2, 0) is 0 Å². The summed E-state index contributed by atoms with van der Waals surface area (Å²) in [5.41, 5.74) is 3.56. The molecular weight excluding hydrogens is 222 g/mol. The van der Waals surface area contributed by atoms with Gasteiger partial charge in [-0.15, -0.1) is 0 Å². The Morgan fingerprint density at radius 3 is 2.61 bits per heavy atom. The van der Waals surface area contributed by atoms with Crippen LogP contribution in [-0.4, -0.2) is 17.9 Å². The summed E-state index contributed by atoms with van der Waals surface area (Å²) in [6.45, 7) is 11.3. The molecule has 0 saturated heterocycles. The smallest absolute Gasteiger partial charge is 0.150 e. The second kappa shape index (κ2) is 4.42. The van der Waals surface area contributed by atoms with Gasteiger partial charge in [0.1, 0.15) is 6.29 Å². The molecular formula is C16H23NO. The molecule has 0 N–H and O–H groups in total. The Balaban J connectivity index is 2.58. The third kappa shape index (κ3) is 2.05. The van der Waals surface area contributed by atoms with Crippen LogP contribution in [0.5, 0.6) is 0 Å². The van der Waals surface area contributed by atoms with E-state index in [-0.39, 0.29) is 5.54 Å². The van der Waals surface area contributed by atoms with E-state index < -0.39 is 0 Å². The van der Waals surface area contributed by atoms with Crippen LogP contribution in [0.4, 0.5) is 5.69 Å². The zero-order valence-electron chi connectivity index (χ0n) is 12.0. The summed E-state index contributed by atoms with van der Waals surface area (Å²) in [7, 11) is 0. The van der Waals surface area contributed by atoms with E-state index in [0.29, 0.717) is 12.0 Å². The molecule has 0 aliphatic carbocycles. The number of hydrogen-bond donors (Lipinski definition) is 0. The fourth-order valence-corrected chi connectivity index (χ4v) is 3.52. The van der Waals surface area contributed by atoms with E-state index in [1.807, 2.05) is 6.07 Å². The summed E-state index contributed by atoms with van der Waals surface area (Å²) in [6.07, 6.45) is 2.06. The molecule has 98 valence electrons. The summed E-state index contributed by atoms with van der Waals surface area (Å²) in [6, 6.07) is 6.55. The molecule has 0 amide bonds. The fraction of sp³-hybridized carbons (Fsp3) is 0.562. The lowest BCUT2D eigenvalue weighted by molar-refractivity contribution is 0.112. The summed E-state index contributed by atoms with van der Waals surface area (Å²) < 4.78 is 0. The number of hydrogen-bond acceptors (Lipinski definition) is 2. The first-order valence-corrected chi connectivity index (χ1v) is 6.75. The summed E-state index contributed by atoms with van der Waals surface area (Å²) >= 11 is 0. The molecule has 1 aromatic rings. The van der Waals surface area contributed by atoms with E-state index >= 15 is 0 Å². The maximum Gasteiger partial charge on any atom is 0.150 e. The average molecular weight is 245 g/mol. The van der Waals surface area contributed by atoms with Crippen molar-refractivity contribution in [2.75, 3.05) is 4.90 Å². The number of benzene rings is 1. The third-order valence-corrected chi connectivity index (χ3v) is 3.95. The highest BCUT2D eigenvalue weighted by atomic mass is 16.1. The van der Waals surface area contributed by atoms with Gasteiger partial charge in [-0.1, -0.05) is 6.92 Å². The van der Waals surface area contributed by atoms with E-state index in [0.717, 1.165) is 18.3 Å². The van der Waals surface area contributed by atoms with Crippen molar-refractivity contribution in [2.24, 2.45) is 0 Å². The predicted molar refractivity (Wildman–Crippen MR) is 76.6 cm³/mol. The van der Waals surface area contributed by atoms with E-state index in [2.05, 4.69) is 51.7 Å². The van der Waals surface area contributed by atoms with Gasteiger partial charge in [0.25, 0.3) is 0 Å². The largest absolute Gasteiger partial charge is 0.364 e. The van der Waals surface area contributed by atoms with Crippen LogP contribution >= 0.6 is 0 Å². The third-order valence-electron chi connectivity index (χ3n) is 3.95. The zero-order chi connectivity index (χ0) is 13.5. The first kappa shape index (κ1) is 13.1. The molecule has 1 heterocycles. The molecule has 1 unspecified atom stereocenters. The van der Waals surface area contributed by atoms with Crippen LogP contribution in [0, 0.1) is 0 Å². The Morgan fingerprint density at radius 1 is 1.39 bits per heavy atom. The summed E-state index contributed by atoms with van der Waals surface area (Å²) in [5.74, 6) is 0.505. The molecule has 1 atom stereocenters. The average Bonchev–Trinajstić information content (AvgIpc) is 2.26. The molecule has 1 aliphatic rings. The molecule has 1 aliphatic heterocycles. The minimum absolute atomic E-state index is 0.170. The standard InChI is InChI=1S/C16H23NO/c1-11(2)17-15-7-6-13(10-18)8-14(15)12(3)9-16(17,4)5/h6-8,10-12H,9H2,1-5H3. The number of anilines is 1. The molecule has 2 rings (SSSR count). The maximum absolute atomic E-state index is 10.9. The van der Waals surface area contributed by atoms with Gasteiger partial charge in [-0.2, -0.15) is 0 Å². The number of aldehydes is 1. The van der Waals surface area contributed by atoms with Crippen molar-refractivity contribution in [1.82, 2.24) is 0 Å². The van der Waals surface area contributed by atoms with Crippen molar-refractivity contribution >= 4 is 12.0 Å². The Labute approximate surface area is 110 Å². The second-order valence-corrected chi connectivity index (χ2v) is 6.32. The fourth-order valence-electron chi connectivity index (χ4n) is 3.52. The Hall–Kier alpha value is -1.31. The second-order valence-electron chi connectivity index (χ2n) is 6.32. The molecule has 0 bridgehead atoms. The lowest BCUT2D eigenvalue weighted by atomic mass is 9.79. The minimum Gasteiger partial charge on any atom is -0.364 e. The lowest BCUT2D eigenvalue weighted by Crippen LogP contribution is -2.51. The molecule has 0 spiro atoms. The normalized spacial score (nSPS) is 21.9. The summed E-state index contributed by atoms with van der Waals surface area (Å²) in [5, 5.41) is 0. The Kier molecular flexibility index (Phi) is 3.22. The van der Waals surface area contributed by atoms with E-state index in [1.165, 1.54) is 11.3 Å². The monoisotopic (exact) mass is 245 g/mol. The van der Waals surface area contributed by atoms with Crippen LogP contribution in [0.15, 0.2) is 18.2 Å². The SMILES string of the molecule is CC1CC(C)(C)N(C(C)C)c2ccc(C=O)cc21. The van der Waals surface area contributed by atoms with E-state index in [9.17, 15) is 4.79 Å². The molecule has 0 fully saturated rings. The van der Waals surface area contributed by atoms with Crippen molar-refractivity contribution < 1.29 is 4.79 Å². The van der Waals surface area contributed by atoms with Gasteiger partial charge in [0.05, 0.1) is 0 Å². The van der Waals surface area contributed by atoms with E-state index in [1.54, 1.807) is 0 Å². The highest BCUT2D eigenvalue weighted by Gasteiger charge is 2.37. The van der Waals surface area contributed by atoms with Gasteiger partial charge in [-0.3, -0.25) is 4.79 Å². The van der Waals surface area contributed by atoms with Gasteiger partial charge in [0, 0.05) is 22.8 Å². The van der Waals surface area contributed by atoms with Crippen LogP contribution in [0.2, 0.25) is 0 Å². The topological polar surface area (TPSA) is 20.3 Å². The molecule has 0 aromatic heterocycles. The molecule has 0 saturated carbocycles. The van der Waals surface area contributed by atoms with Crippen LogP contribution in [0.3, 0.4) is 0 Å². The highest BCUT2D eigenvalue weighted by Crippen LogP contribution is 2.44. The number of carbonyl (C=O) groups is 1. The molecule has 2 heteroatoms. The van der Waals surface area contributed by atoms with Crippen LogP contribution in [0.1, 0.15) is 62.9 Å². The van der Waals surface area contributed by atoms with E-state index in [4.69, 9.17) is 0 Å². The number of fused-ring (bicyclic) bond motifs is 1. The van der Waals surface area contributed by atoms with Crippen molar-refractivity contribution in [3.8, 4) is 0 Å². The van der Waals surface area contributed by atoms with Crippen molar-refractivity contribution in [3.63, 3.8) is 0 Å². The van der Waals surface area contributed by atoms with Crippen LogP contribution in [0.25, 0.3) is 0 Å². The first-order chi connectivity index (χ1) is 8.36. The number of rotatable bonds is 2.